The number of benzene rings is 1. The molecule has 1 aromatic carbocycles. The summed E-state index contributed by atoms with van der Waals surface area (Å²) >= 11 is 0. The van der Waals surface area contributed by atoms with Crippen LogP contribution in [0.1, 0.15) is 29.6 Å². The lowest BCUT2D eigenvalue weighted by atomic mass is 10.2. The zero-order chi connectivity index (χ0) is 13.7. The second-order valence-electron chi connectivity index (χ2n) is 4.58. The molecule has 1 aliphatic carbocycles. The van der Waals surface area contributed by atoms with E-state index in [4.69, 9.17) is 4.74 Å². The van der Waals surface area contributed by atoms with Crippen molar-refractivity contribution in [3.8, 4) is 0 Å². The highest BCUT2D eigenvalue weighted by Crippen LogP contribution is 2.21. The molecule has 5 heteroatoms. The molecule has 1 aliphatic rings. The van der Waals surface area contributed by atoms with Crippen molar-refractivity contribution in [1.82, 2.24) is 5.32 Å². The van der Waals surface area contributed by atoms with E-state index in [0.717, 1.165) is 6.42 Å². The zero-order valence-corrected chi connectivity index (χ0v) is 10.5. The number of hydrogen-bond donors (Lipinski definition) is 2. The van der Waals surface area contributed by atoms with Crippen molar-refractivity contribution in [1.29, 1.82) is 0 Å². The summed E-state index contributed by atoms with van der Waals surface area (Å²) < 4.78 is 5.11. The summed E-state index contributed by atoms with van der Waals surface area (Å²) in [6.07, 6.45) is 1.19. The lowest BCUT2D eigenvalue weighted by molar-refractivity contribution is -0.151. The molecule has 1 fully saturated rings. The lowest BCUT2D eigenvalue weighted by Crippen LogP contribution is -2.34. The first-order chi connectivity index (χ1) is 9.16. The fourth-order valence-electron chi connectivity index (χ4n) is 2.10. The minimum Gasteiger partial charge on any atom is -0.458 e. The van der Waals surface area contributed by atoms with Gasteiger partial charge in [-0.3, -0.25) is 9.59 Å². The highest BCUT2D eigenvalue weighted by atomic mass is 16.6. The van der Waals surface area contributed by atoms with Crippen molar-refractivity contribution in [2.75, 3.05) is 6.54 Å². The quantitative estimate of drug-likeness (QED) is 0.790. The first-order valence-electron chi connectivity index (χ1n) is 6.37. The van der Waals surface area contributed by atoms with Crippen molar-refractivity contribution in [2.24, 2.45) is 0 Å². The van der Waals surface area contributed by atoms with Gasteiger partial charge < -0.3 is 15.2 Å². The van der Waals surface area contributed by atoms with Crippen LogP contribution in [-0.2, 0) is 9.53 Å². The molecule has 0 saturated heterocycles. The summed E-state index contributed by atoms with van der Waals surface area (Å²) in [6.45, 7) is -0.184. The first-order valence-corrected chi connectivity index (χ1v) is 6.37. The summed E-state index contributed by atoms with van der Waals surface area (Å²) in [6, 6.07) is 8.65. The van der Waals surface area contributed by atoms with Gasteiger partial charge in [0.05, 0.1) is 6.10 Å². The maximum absolute atomic E-state index is 11.7. The van der Waals surface area contributed by atoms with Crippen LogP contribution in [0, 0.1) is 0 Å². The van der Waals surface area contributed by atoms with Gasteiger partial charge in [0.2, 0.25) is 0 Å². The van der Waals surface area contributed by atoms with E-state index in [1.165, 1.54) is 0 Å². The van der Waals surface area contributed by atoms with Gasteiger partial charge >= 0.3 is 5.97 Å². The van der Waals surface area contributed by atoms with Gasteiger partial charge in [0.25, 0.3) is 5.91 Å². The van der Waals surface area contributed by atoms with Gasteiger partial charge in [-0.2, -0.15) is 0 Å². The van der Waals surface area contributed by atoms with Gasteiger partial charge in [-0.15, -0.1) is 0 Å². The molecule has 102 valence electrons. The summed E-state index contributed by atoms with van der Waals surface area (Å²) in [7, 11) is 0. The SMILES string of the molecule is O=C(CNC(=O)c1ccccc1)O[C@@H]1CCC[C@@H]1O. The van der Waals surface area contributed by atoms with Gasteiger partial charge in [0.15, 0.2) is 0 Å². The van der Waals surface area contributed by atoms with Gasteiger partial charge in [-0.05, 0) is 31.4 Å². The fourth-order valence-corrected chi connectivity index (χ4v) is 2.10. The van der Waals surface area contributed by atoms with E-state index < -0.39 is 18.2 Å². The number of carbonyl (C=O) groups excluding carboxylic acids is 2. The van der Waals surface area contributed by atoms with Crippen LogP contribution in [0.2, 0.25) is 0 Å². The Morgan fingerprint density at radius 1 is 1.26 bits per heavy atom. The average molecular weight is 263 g/mol. The van der Waals surface area contributed by atoms with Crippen molar-refractivity contribution < 1.29 is 19.4 Å². The molecule has 1 saturated carbocycles. The summed E-state index contributed by atoms with van der Waals surface area (Å²) in [5, 5.41) is 12.0. The van der Waals surface area contributed by atoms with Crippen LogP contribution >= 0.6 is 0 Å². The van der Waals surface area contributed by atoms with Gasteiger partial charge in [-0.25, -0.2) is 0 Å². The summed E-state index contributed by atoms with van der Waals surface area (Å²) in [5.74, 6) is -0.834. The van der Waals surface area contributed by atoms with Crippen molar-refractivity contribution in [2.45, 2.75) is 31.5 Å². The molecular formula is C14H17NO4. The Bertz CT molecular complexity index is 446. The van der Waals surface area contributed by atoms with Gasteiger partial charge in [-0.1, -0.05) is 18.2 Å². The Hall–Kier alpha value is -1.88. The van der Waals surface area contributed by atoms with Gasteiger partial charge in [0, 0.05) is 5.56 Å². The smallest absolute Gasteiger partial charge is 0.325 e. The number of hydrogen-bond acceptors (Lipinski definition) is 4. The Morgan fingerprint density at radius 3 is 2.63 bits per heavy atom. The number of ether oxygens (including phenoxy) is 1. The maximum atomic E-state index is 11.7. The molecule has 0 spiro atoms. The molecule has 1 amide bonds. The molecule has 0 aliphatic heterocycles. The monoisotopic (exact) mass is 263 g/mol. The number of aliphatic hydroxyl groups excluding tert-OH is 1. The van der Waals surface area contributed by atoms with Crippen LogP contribution in [0.5, 0.6) is 0 Å². The van der Waals surface area contributed by atoms with Crippen LogP contribution in [0.15, 0.2) is 30.3 Å². The minimum absolute atomic E-state index is 0.184. The van der Waals surface area contributed by atoms with Crippen LogP contribution in [-0.4, -0.2) is 35.7 Å². The van der Waals surface area contributed by atoms with E-state index in [9.17, 15) is 14.7 Å². The topological polar surface area (TPSA) is 75.6 Å². The predicted octanol–water partition coefficient (Wildman–Crippen LogP) is 0.873. The second kappa shape index (κ2) is 6.33. The number of nitrogens with one attached hydrogen (secondary N) is 1. The Labute approximate surface area is 111 Å². The summed E-state index contributed by atoms with van der Waals surface area (Å²) in [5.41, 5.74) is 0.496. The van der Waals surface area contributed by atoms with E-state index in [-0.39, 0.29) is 12.5 Å². The van der Waals surface area contributed by atoms with E-state index >= 15 is 0 Å². The molecule has 0 heterocycles. The predicted molar refractivity (Wildman–Crippen MR) is 68.5 cm³/mol. The molecule has 19 heavy (non-hydrogen) atoms. The number of rotatable bonds is 4. The lowest BCUT2D eigenvalue weighted by Gasteiger charge is -2.15. The van der Waals surface area contributed by atoms with Gasteiger partial charge in [0.1, 0.15) is 12.6 Å². The first kappa shape index (κ1) is 13.5. The third-order valence-corrected chi connectivity index (χ3v) is 3.13. The molecule has 0 bridgehead atoms. The molecule has 0 unspecified atom stereocenters. The molecular weight excluding hydrogens is 246 g/mol. The molecule has 0 aromatic heterocycles. The second-order valence-corrected chi connectivity index (χ2v) is 4.58. The van der Waals surface area contributed by atoms with Crippen LogP contribution < -0.4 is 5.32 Å². The molecule has 2 N–H and O–H groups in total. The molecule has 5 nitrogen and oxygen atoms in total. The Morgan fingerprint density at radius 2 is 2.00 bits per heavy atom. The minimum atomic E-state index is -0.575. The Kier molecular flexibility index (Phi) is 4.52. The summed E-state index contributed by atoms with van der Waals surface area (Å²) in [4.78, 5) is 23.2. The average Bonchev–Trinajstić information content (AvgIpc) is 2.82. The number of carbonyl (C=O) groups is 2. The number of amides is 1. The van der Waals surface area contributed by atoms with Crippen LogP contribution in [0.3, 0.4) is 0 Å². The van der Waals surface area contributed by atoms with Crippen molar-refractivity contribution in [3.63, 3.8) is 0 Å². The normalized spacial score (nSPS) is 21.9. The molecule has 2 atom stereocenters. The third-order valence-electron chi connectivity index (χ3n) is 3.13. The van der Waals surface area contributed by atoms with Crippen molar-refractivity contribution in [3.05, 3.63) is 35.9 Å². The zero-order valence-electron chi connectivity index (χ0n) is 10.5. The third kappa shape index (κ3) is 3.79. The van der Waals surface area contributed by atoms with Crippen LogP contribution in [0.4, 0.5) is 0 Å². The maximum Gasteiger partial charge on any atom is 0.325 e. The highest BCUT2D eigenvalue weighted by molar-refractivity contribution is 5.95. The molecule has 0 radical (unpaired) electrons. The van der Waals surface area contributed by atoms with Crippen molar-refractivity contribution >= 4 is 11.9 Å². The highest BCUT2D eigenvalue weighted by Gasteiger charge is 2.28. The number of esters is 1. The van der Waals surface area contributed by atoms with E-state index in [1.807, 2.05) is 6.07 Å². The van der Waals surface area contributed by atoms with E-state index in [1.54, 1.807) is 24.3 Å². The standard InChI is InChI=1S/C14H17NO4/c16-11-7-4-8-12(11)19-13(17)9-15-14(18)10-5-2-1-3-6-10/h1-3,5-6,11-12,16H,4,7-9H2,(H,15,18)/t11-,12+/m0/s1. The molecule has 2 rings (SSSR count). The Balaban J connectivity index is 1.76. The largest absolute Gasteiger partial charge is 0.458 e. The van der Waals surface area contributed by atoms with E-state index in [0.29, 0.717) is 18.4 Å². The fraction of sp³-hybridized carbons (Fsp3) is 0.429. The van der Waals surface area contributed by atoms with Crippen LogP contribution in [0.25, 0.3) is 0 Å². The molecule has 1 aromatic rings. The number of aliphatic hydroxyl groups is 1. The van der Waals surface area contributed by atoms with E-state index in [2.05, 4.69) is 5.32 Å².